The van der Waals surface area contributed by atoms with Gasteiger partial charge < -0.3 is 20.9 Å². The molecule has 2 aromatic rings. The highest BCUT2D eigenvalue weighted by Gasteiger charge is 2.44. The monoisotopic (exact) mass is 436 g/mol. The van der Waals surface area contributed by atoms with Gasteiger partial charge in [-0.1, -0.05) is 25.0 Å². The number of urea groups is 1. The zero-order valence-corrected chi connectivity index (χ0v) is 18.1. The van der Waals surface area contributed by atoms with Crippen molar-refractivity contribution in [2.75, 3.05) is 23.7 Å². The van der Waals surface area contributed by atoms with Crippen molar-refractivity contribution in [2.24, 2.45) is 4.99 Å². The van der Waals surface area contributed by atoms with Crippen LogP contribution < -0.4 is 16.0 Å². The van der Waals surface area contributed by atoms with E-state index >= 15 is 0 Å². The summed E-state index contributed by atoms with van der Waals surface area (Å²) in [6.45, 7) is 1.54. The fourth-order valence-corrected chi connectivity index (χ4v) is 4.92. The lowest BCUT2D eigenvalue weighted by Gasteiger charge is -2.46. The second kappa shape index (κ2) is 8.76. The number of nitrogens with one attached hydrogen (secondary N) is 3. The molecule has 168 valence electrons. The Balaban J connectivity index is 1.28. The van der Waals surface area contributed by atoms with Crippen molar-refractivity contribution in [1.29, 1.82) is 0 Å². The zero-order chi connectivity index (χ0) is 22.0. The lowest BCUT2D eigenvalue weighted by atomic mass is 9.84. The molecule has 1 spiro atoms. The number of piperidine rings is 1. The predicted molar refractivity (Wildman–Crippen MR) is 123 cm³/mol. The van der Waals surface area contributed by atoms with Gasteiger partial charge in [0.2, 0.25) is 0 Å². The van der Waals surface area contributed by atoms with Gasteiger partial charge in [0.25, 0.3) is 0 Å². The molecule has 2 aliphatic heterocycles. The van der Waals surface area contributed by atoms with E-state index in [4.69, 9.17) is 4.99 Å². The summed E-state index contributed by atoms with van der Waals surface area (Å²) >= 11 is 0. The van der Waals surface area contributed by atoms with Crippen molar-refractivity contribution < 1.29 is 9.18 Å². The number of aliphatic imine (C=N–C) groups is 1. The summed E-state index contributed by atoms with van der Waals surface area (Å²) in [6, 6.07) is 10.5. The number of halogens is 1. The number of pyridine rings is 1. The number of hydrogen-bond acceptors (Lipinski definition) is 4. The van der Waals surface area contributed by atoms with E-state index < -0.39 is 0 Å². The molecule has 7 nitrogen and oxygen atoms in total. The van der Waals surface area contributed by atoms with Crippen LogP contribution in [-0.2, 0) is 6.54 Å². The van der Waals surface area contributed by atoms with Crippen molar-refractivity contribution in [3.63, 3.8) is 0 Å². The Morgan fingerprint density at radius 1 is 1.22 bits per heavy atom. The van der Waals surface area contributed by atoms with E-state index in [1.165, 1.54) is 25.0 Å². The van der Waals surface area contributed by atoms with E-state index in [-0.39, 0.29) is 17.4 Å². The number of carbonyl (C=O) groups is 1. The molecule has 2 fully saturated rings. The molecular formula is C24H29FN6O. The number of anilines is 2. The molecule has 3 heterocycles. The molecule has 2 amide bonds. The smallest absolute Gasteiger partial charge is 0.317 e. The Bertz CT molecular complexity index is 1010. The molecule has 32 heavy (non-hydrogen) atoms. The highest BCUT2D eigenvalue weighted by atomic mass is 19.1. The maximum atomic E-state index is 13.4. The first-order chi connectivity index (χ1) is 15.6. The molecule has 3 aliphatic rings. The normalized spacial score (nSPS) is 21.2. The predicted octanol–water partition coefficient (Wildman–Crippen LogP) is 4.14. The Kier molecular flexibility index (Phi) is 5.68. The number of fused-ring (bicyclic) bond motifs is 1. The van der Waals surface area contributed by atoms with Crippen LogP contribution in [0.3, 0.4) is 0 Å². The van der Waals surface area contributed by atoms with Crippen LogP contribution in [-0.4, -0.2) is 46.4 Å². The maximum absolute atomic E-state index is 13.4. The number of carbonyl (C=O) groups excluding carboxylic acids is 1. The van der Waals surface area contributed by atoms with E-state index in [9.17, 15) is 9.18 Å². The highest BCUT2D eigenvalue weighted by Crippen LogP contribution is 2.37. The third kappa shape index (κ3) is 4.26. The summed E-state index contributed by atoms with van der Waals surface area (Å²) in [5, 5.41) is 10.1. The van der Waals surface area contributed by atoms with Crippen molar-refractivity contribution in [3.8, 4) is 0 Å². The van der Waals surface area contributed by atoms with Gasteiger partial charge in [0.15, 0.2) is 5.82 Å². The molecule has 1 saturated heterocycles. The average molecular weight is 437 g/mol. The van der Waals surface area contributed by atoms with Crippen LogP contribution in [0.1, 0.15) is 44.1 Å². The van der Waals surface area contributed by atoms with E-state index in [2.05, 4.69) is 20.9 Å². The van der Waals surface area contributed by atoms with Crippen LogP contribution in [0.25, 0.3) is 0 Å². The summed E-state index contributed by atoms with van der Waals surface area (Å²) < 4.78 is 13.4. The minimum absolute atomic E-state index is 0.121. The zero-order valence-electron chi connectivity index (χ0n) is 18.1. The molecule has 1 aromatic heterocycles. The minimum atomic E-state index is -0.321. The van der Waals surface area contributed by atoms with Crippen LogP contribution in [0.5, 0.6) is 0 Å². The second-order valence-electron chi connectivity index (χ2n) is 8.92. The van der Waals surface area contributed by atoms with Gasteiger partial charge >= 0.3 is 6.03 Å². The molecule has 1 saturated carbocycles. The van der Waals surface area contributed by atoms with E-state index in [0.29, 0.717) is 25.7 Å². The van der Waals surface area contributed by atoms with E-state index in [1.807, 2.05) is 23.1 Å². The molecule has 1 aliphatic carbocycles. The van der Waals surface area contributed by atoms with E-state index in [0.717, 1.165) is 48.6 Å². The van der Waals surface area contributed by atoms with Crippen molar-refractivity contribution in [3.05, 3.63) is 54.0 Å². The third-order valence-corrected chi connectivity index (χ3v) is 6.75. The number of aromatic nitrogens is 1. The minimum Gasteiger partial charge on any atom is -0.370 e. The Hall–Kier alpha value is -3.16. The summed E-state index contributed by atoms with van der Waals surface area (Å²) in [7, 11) is 0. The molecular weight excluding hydrogens is 407 g/mol. The standard InChI is InChI=1S/C24H29FN6O/c25-18-6-3-5-17(15-18)16-27-23(32)31-13-10-24(11-14-31)22(28-19-7-1-2-8-19)29-21-20(30-24)9-4-12-26-21/h3-6,9,12,15,19,30H,1-2,7-8,10-11,13-14,16H2,(H,27,32)(H,26,28,29). The first kappa shape index (κ1) is 20.7. The molecule has 0 unspecified atom stereocenters. The fraction of sp³-hybridized carbons (Fsp3) is 0.458. The first-order valence-corrected chi connectivity index (χ1v) is 11.5. The number of nitrogens with zero attached hydrogens (tertiary/aromatic N) is 3. The molecule has 0 bridgehead atoms. The molecule has 8 heteroatoms. The van der Waals surface area contributed by atoms with Crippen LogP contribution in [0, 0.1) is 5.82 Å². The van der Waals surface area contributed by atoms with Gasteiger partial charge in [0.1, 0.15) is 11.7 Å². The molecule has 1 aromatic carbocycles. The van der Waals surface area contributed by atoms with Gasteiger partial charge in [-0.05, 0) is 55.5 Å². The summed E-state index contributed by atoms with van der Waals surface area (Å²) in [5.74, 6) is 1.47. The van der Waals surface area contributed by atoms with Gasteiger partial charge in [-0.3, -0.25) is 4.99 Å². The van der Waals surface area contributed by atoms with Crippen molar-refractivity contribution in [1.82, 2.24) is 15.2 Å². The highest BCUT2D eigenvalue weighted by molar-refractivity contribution is 6.08. The second-order valence-corrected chi connectivity index (χ2v) is 8.92. The molecule has 0 atom stereocenters. The molecule has 3 N–H and O–H groups in total. The van der Waals surface area contributed by atoms with Gasteiger partial charge in [-0.2, -0.15) is 0 Å². The van der Waals surface area contributed by atoms with Crippen LogP contribution in [0.2, 0.25) is 0 Å². The first-order valence-electron chi connectivity index (χ1n) is 11.5. The number of hydrogen-bond donors (Lipinski definition) is 3. The Morgan fingerprint density at radius 2 is 2.03 bits per heavy atom. The molecule has 5 rings (SSSR count). The summed E-state index contributed by atoms with van der Waals surface area (Å²) in [6.07, 6.45) is 8.02. The number of amidine groups is 1. The van der Waals surface area contributed by atoms with Gasteiger partial charge in [0, 0.05) is 25.8 Å². The summed E-state index contributed by atoms with van der Waals surface area (Å²) in [4.78, 5) is 24.1. The fourth-order valence-electron chi connectivity index (χ4n) is 4.92. The van der Waals surface area contributed by atoms with Crippen LogP contribution in [0.15, 0.2) is 47.6 Å². The molecule has 0 radical (unpaired) electrons. The van der Waals surface area contributed by atoms with Crippen LogP contribution in [0.4, 0.5) is 20.7 Å². The Labute approximate surface area is 187 Å². The van der Waals surface area contributed by atoms with Crippen LogP contribution >= 0.6 is 0 Å². The quantitative estimate of drug-likeness (QED) is 0.675. The Morgan fingerprint density at radius 3 is 2.81 bits per heavy atom. The SMILES string of the molecule is O=C(NCc1cccc(F)c1)N1CCC2(CC1)Nc1cccnc1NC2=NC1CCCC1. The van der Waals surface area contributed by atoms with Gasteiger partial charge in [0.05, 0.1) is 17.3 Å². The number of likely N-dealkylation sites (tertiary alicyclic amines) is 1. The van der Waals surface area contributed by atoms with Crippen molar-refractivity contribution in [2.45, 2.75) is 56.7 Å². The average Bonchev–Trinajstić information content (AvgIpc) is 3.32. The number of benzene rings is 1. The van der Waals surface area contributed by atoms with Crippen molar-refractivity contribution >= 4 is 23.4 Å². The maximum Gasteiger partial charge on any atom is 0.317 e. The topological polar surface area (TPSA) is 81.7 Å². The third-order valence-electron chi connectivity index (χ3n) is 6.75. The lowest BCUT2D eigenvalue weighted by Crippen LogP contribution is -2.60. The number of amides is 2. The van der Waals surface area contributed by atoms with Gasteiger partial charge in [-0.15, -0.1) is 0 Å². The summed E-state index contributed by atoms with van der Waals surface area (Å²) in [5.41, 5.74) is 1.40. The van der Waals surface area contributed by atoms with E-state index in [1.54, 1.807) is 12.3 Å². The number of rotatable bonds is 3. The largest absolute Gasteiger partial charge is 0.370 e. The van der Waals surface area contributed by atoms with Gasteiger partial charge in [-0.25, -0.2) is 14.2 Å². The lowest BCUT2D eigenvalue weighted by molar-refractivity contribution is 0.177.